The fraction of sp³-hybridized carbons (Fsp3) is 0.167. The summed E-state index contributed by atoms with van der Waals surface area (Å²) < 4.78 is 56.4. The number of H-pyrrole nitrogens is 1. The van der Waals surface area contributed by atoms with Gasteiger partial charge in [0, 0.05) is 36.5 Å². The Balaban J connectivity index is 1.97. The van der Waals surface area contributed by atoms with Crippen molar-refractivity contribution in [2.75, 3.05) is 7.05 Å². The molecule has 2 aromatic carbocycles. The molecule has 0 aliphatic heterocycles. The Labute approximate surface area is 203 Å². The summed E-state index contributed by atoms with van der Waals surface area (Å²) in [5, 5.41) is 10.0. The highest BCUT2D eigenvalue weighted by Gasteiger charge is 2.31. The third-order valence-corrected chi connectivity index (χ3v) is 9.10. The molecule has 0 saturated carbocycles. The van der Waals surface area contributed by atoms with Crippen LogP contribution in [-0.4, -0.2) is 37.1 Å². The van der Waals surface area contributed by atoms with Gasteiger partial charge < -0.3 is 4.98 Å². The van der Waals surface area contributed by atoms with Crippen LogP contribution in [0.3, 0.4) is 0 Å². The average molecular weight is 511 g/mol. The maximum absolute atomic E-state index is 13.7. The van der Waals surface area contributed by atoms with Crippen LogP contribution >= 0.6 is 0 Å². The molecule has 0 unspecified atom stereocenters. The number of aryl methyl sites for hydroxylation is 2. The number of nitriles is 1. The van der Waals surface area contributed by atoms with E-state index in [1.54, 1.807) is 25.1 Å². The van der Waals surface area contributed by atoms with Crippen molar-refractivity contribution in [2.45, 2.75) is 30.2 Å². The molecule has 1 N–H and O–H groups in total. The van der Waals surface area contributed by atoms with Gasteiger partial charge in [-0.25, -0.2) is 20.8 Å². The minimum absolute atomic E-state index is 0.0729. The summed E-state index contributed by atoms with van der Waals surface area (Å²) in [6.07, 6.45) is 1.42. The maximum Gasteiger partial charge on any atom is 0.269 e. The van der Waals surface area contributed by atoms with Crippen molar-refractivity contribution in [2.24, 2.45) is 0 Å². The minimum Gasteiger partial charge on any atom is -0.364 e. The predicted molar refractivity (Wildman–Crippen MR) is 131 cm³/mol. The van der Waals surface area contributed by atoms with Gasteiger partial charge in [-0.15, -0.1) is 0 Å². The average Bonchev–Trinajstić information content (AvgIpc) is 3.17. The lowest BCUT2D eigenvalue weighted by Gasteiger charge is -2.19. The molecule has 11 heteroatoms. The molecule has 0 radical (unpaired) electrons. The number of sulfonamides is 1. The van der Waals surface area contributed by atoms with E-state index in [0.717, 1.165) is 13.8 Å². The zero-order valence-corrected chi connectivity index (χ0v) is 20.8. The van der Waals surface area contributed by atoms with Crippen molar-refractivity contribution in [1.82, 2.24) is 13.3 Å². The molecule has 0 bridgehead atoms. The summed E-state index contributed by atoms with van der Waals surface area (Å²) in [7, 11) is -7.22. The molecule has 2 heterocycles. The molecular formula is C24H22N4O5S2. The Kier molecular flexibility index (Phi) is 6.14. The Morgan fingerprint density at radius 1 is 0.971 bits per heavy atom. The standard InChI is InChI=1S/C24H22N4O5S2/c1-16-4-6-22(7-5-16)34(30,31)28-20(14-25)12-18-10-17(2)11-23(24(18)28)35(32,33)27(3)15-19-13-21(29)8-9-26-19/h4-13H,15H2,1-3H3,(H,26,29). The molecule has 0 aliphatic rings. The van der Waals surface area contributed by atoms with E-state index in [2.05, 4.69) is 4.98 Å². The lowest BCUT2D eigenvalue weighted by atomic mass is 10.2. The third-order valence-electron chi connectivity index (χ3n) is 5.55. The predicted octanol–water partition coefficient (Wildman–Crippen LogP) is 2.88. The summed E-state index contributed by atoms with van der Waals surface area (Å²) in [4.78, 5) is 14.2. The maximum atomic E-state index is 13.7. The lowest BCUT2D eigenvalue weighted by Crippen LogP contribution is -2.28. The van der Waals surface area contributed by atoms with Crippen molar-refractivity contribution in [3.63, 3.8) is 0 Å². The summed E-state index contributed by atoms with van der Waals surface area (Å²) in [5.74, 6) is 0. The molecule has 0 spiro atoms. The van der Waals surface area contributed by atoms with Gasteiger partial charge in [0.15, 0.2) is 5.43 Å². The second kappa shape index (κ2) is 8.81. The van der Waals surface area contributed by atoms with Crippen molar-refractivity contribution in [3.05, 3.63) is 93.5 Å². The van der Waals surface area contributed by atoms with Crippen molar-refractivity contribution < 1.29 is 16.8 Å². The van der Waals surface area contributed by atoms with Gasteiger partial charge in [0.05, 0.1) is 17.0 Å². The van der Waals surface area contributed by atoms with Crippen LogP contribution in [0.2, 0.25) is 0 Å². The van der Waals surface area contributed by atoms with E-state index in [-0.39, 0.29) is 33.0 Å². The zero-order valence-electron chi connectivity index (χ0n) is 19.2. The Bertz CT molecular complexity index is 1760. The number of rotatable bonds is 6. The number of nitrogens with one attached hydrogen (secondary N) is 1. The van der Waals surface area contributed by atoms with E-state index in [1.165, 1.54) is 49.6 Å². The largest absolute Gasteiger partial charge is 0.364 e. The van der Waals surface area contributed by atoms with Gasteiger partial charge in [0.25, 0.3) is 10.0 Å². The molecule has 0 amide bonds. The molecule has 0 atom stereocenters. The van der Waals surface area contributed by atoms with Gasteiger partial charge in [0.1, 0.15) is 16.7 Å². The molecule has 0 aliphatic carbocycles. The van der Waals surface area contributed by atoms with Crippen LogP contribution in [0.1, 0.15) is 22.5 Å². The van der Waals surface area contributed by atoms with Crippen LogP contribution in [0.4, 0.5) is 0 Å². The first-order valence-electron chi connectivity index (χ1n) is 10.5. The van der Waals surface area contributed by atoms with Gasteiger partial charge in [-0.1, -0.05) is 17.7 Å². The second-order valence-electron chi connectivity index (χ2n) is 8.24. The number of nitrogens with zero attached hydrogens (tertiary/aromatic N) is 3. The first kappa shape index (κ1) is 24.4. The smallest absolute Gasteiger partial charge is 0.269 e. The molecule has 35 heavy (non-hydrogen) atoms. The zero-order chi connectivity index (χ0) is 25.5. The highest BCUT2D eigenvalue weighted by atomic mass is 32.2. The third kappa shape index (κ3) is 4.39. The summed E-state index contributed by atoms with van der Waals surface area (Å²) in [6, 6.07) is 14.9. The van der Waals surface area contributed by atoms with Crippen molar-refractivity contribution >= 4 is 30.9 Å². The molecule has 9 nitrogen and oxygen atoms in total. The molecule has 4 aromatic rings. The van der Waals surface area contributed by atoms with Gasteiger partial charge in [-0.05, 0) is 49.7 Å². The van der Waals surface area contributed by atoms with E-state index in [1.807, 2.05) is 13.0 Å². The van der Waals surface area contributed by atoms with Gasteiger partial charge >= 0.3 is 0 Å². The highest BCUT2D eigenvalue weighted by molar-refractivity contribution is 7.90. The molecular weight excluding hydrogens is 488 g/mol. The Hall–Kier alpha value is -3.72. The van der Waals surface area contributed by atoms with Crippen LogP contribution < -0.4 is 5.43 Å². The molecule has 0 fully saturated rings. The number of fused-ring (bicyclic) bond motifs is 1. The molecule has 4 rings (SSSR count). The van der Waals surface area contributed by atoms with Crippen LogP contribution in [0.25, 0.3) is 10.9 Å². The lowest BCUT2D eigenvalue weighted by molar-refractivity contribution is 0.462. The normalized spacial score (nSPS) is 12.2. The number of aromatic nitrogens is 2. The molecule has 180 valence electrons. The molecule has 2 aromatic heterocycles. The summed E-state index contributed by atoms with van der Waals surface area (Å²) in [5.41, 5.74) is 1.19. The van der Waals surface area contributed by atoms with Crippen LogP contribution in [0, 0.1) is 25.2 Å². The topological polar surface area (TPSA) is 133 Å². The Morgan fingerprint density at radius 2 is 1.66 bits per heavy atom. The monoisotopic (exact) mass is 510 g/mol. The first-order chi connectivity index (χ1) is 16.4. The van der Waals surface area contributed by atoms with Gasteiger partial charge in [-0.3, -0.25) is 4.79 Å². The van der Waals surface area contributed by atoms with E-state index in [0.29, 0.717) is 16.6 Å². The number of hydrogen-bond donors (Lipinski definition) is 1. The summed E-state index contributed by atoms with van der Waals surface area (Å²) >= 11 is 0. The van der Waals surface area contributed by atoms with Crippen molar-refractivity contribution in [1.29, 1.82) is 5.26 Å². The van der Waals surface area contributed by atoms with Crippen LogP contribution in [0.15, 0.2) is 75.4 Å². The minimum atomic E-state index is -4.30. The van der Waals surface area contributed by atoms with E-state index in [9.17, 15) is 26.9 Å². The number of hydrogen-bond acceptors (Lipinski definition) is 6. The number of benzene rings is 2. The fourth-order valence-corrected chi connectivity index (χ4v) is 6.82. The van der Waals surface area contributed by atoms with E-state index in [4.69, 9.17) is 0 Å². The second-order valence-corrected chi connectivity index (χ2v) is 12.0. The highest BCUT2D eigenvalue weighted by Crippen LogP contribution is 2.33. The van der Waals surface area contributed by atoms with Gasteiger partial charge in [0.2, 0.25) is 10.0 Å². The van der Waals surface area contributed by atoms with Crippen molar-refractivity contribution in [3.8, 4) is 6.07 Å². The van der Waals surface area contributed by atoms with Crippen LogP contribution in [0.5, 0.6) is 0 Å². The fourth-order valence-electron chi connectivity index (χ4n) is 3.84. The number of aromatic amines is 1. The quantitative estimate of drug-likeness (QED) is 0.424. The summed E-state index contributed by atoms with van der Waals surface area (Å²) in [6.45, 7) is 3.35. The van der Waals surface area contributed by atoms with Gasteiger partial charge in [-0.2, -0.15) is 9.57 Å². The first-order valence-corrected chi connectivity index (χ1v) is 13.4. The van der Waals surface area contributed by atoms with Crippen LogP contribution in [-0.2, 0) is 26.6 Å². The van der Waals surface area contributed by atoms with E-state index < -0.39 is 20.0 Å². The number of pyridine rings is 1. The van der Waals surface area contributed by atoms with E-state index >= 15 is 0 Å². The Morgan fingerprint density at radius 3 is 2.29 bits per heavy atom. The SMILES string of the molecule is Cc1ccc(S(=O)(=O)n2c(C#N)cc3cc(C)cc(S(=O)(=O)N(C)Cc4cc(=O)cc[nH]4)c32)cc1. The molecule has 0 saturated heterocycles.